The molecule has 1 aliphatic carbocycles. The number of aryl methyl sites for hydroxylation is 1. The van der Waals surface area contributed by atoms with Gasteiger partial charge in [-0.15, -0.1) is 0 Å². The Hall–Kier alpha value is -0.980. The van der Waals surface area contributed by atoms with Crippen LogP contribution >= 0.6 is 0 Å². The molecule has 106 valence electrons. The second-order valence-corrected chi connectivity index (χ2v) is 6.63. The highest BCUT2D eigenvalue weighted by molar-refractivity contribution is 7.89. The van der Waals surface area contributed by atoms with Gasteiger partial charge < -0.3 is 5.32 Å². The van der Waals surface area contributed by atoms with Gasteiger partial charge in [-0.1, -0.05) is 13.0 Å². The average Bonchev–Trinajstić information content (AvgIpc) is 2.71. The molecule has 1 atom stereocenters. The van der Waals surface area contributed by atoms with Crippen LogP contribution in [0.3, 0.4) is 0 Å². The predicted molar refractivity (Wildman–Crippen MR) is 72.9 cm³/mol. The van der Waals surface area contributed by atoms with E-state index >= 15 is 0 Å². The van der Waals surface area contributed by atoms with Crippen LogP contribution in [0.2, 0.25) is 0 Å². The third-order valence-corrected chi connectivity index (χ3v) is 4.78. The first-order valence-electron chi connectivity index (χ1n) is 6.51. The highest BCUT2D eigenvalue weighted by Gasteiger charge is 2.22. The molecule has 0 aliphatic heterocycles. The fourth-order valence-electron chi connectivity index (χ4n) is 2.46. The second-order valence-electron chi connectivity index (χ2n) is 4.71. The smallest absolute Gasteiger partial charge is 0.212 e. The summed E-state index contributed by atoms with van der Waals surface area (Å²) in [4.78, 5) is 0. The summed E-state index contributed by atoms with van der Waals surface area (Å²) in [5, 5.41) is 3.23. The third kappa shape index (κ3) is 3.75. The second kappa shape index (κ2) is 5.98. The first kappa shape index (κ1) is 14.4. The zero-order valence-corrected chi connectivity index (χ0v) is 11.8. The first-order valence-corrected chi connectivity index (χ1v) is 8.16. The lowest BCUT2D eigenvalue weighted by atomic mass is 10.1. The lowest BCUT2D eigenvalue weighted by molar-refractivity contribution is 0.538. The van der Waals surface area contributed by atoms with Gasteiger partial charge in [0.25, 0.3) is 0 Å². The highest BCUT2D eigenvalue weighted by atomic mass is 32.2. The minimum absolute atomic E-state index is 0.0634. The van der Waals surface area contributed by atoms with E-state index in [4.69, 9.17) is 0 Å². The Morgan fingerprint density at radius 2 is 2.21 bits per heavy atom. The molecule has 0 radical (unpaired) electrons. The summed E-state index contributed by atoms with van der Waals surface area (Å²) in [5.74, 6) is -0.150. The van der Waals surface area contributed by atoms with Crippen LogP contribution in [-0.2, 0) is 16.4 Å². The number of fused-ring (bicyclic) bond motifs is 1. The topological polar surface area (TPSA) is 58.2 Å². The Bertz CT molecular complexity index is 546. The molecular weight excluding hydrogens is 267 g/mol. The van der Waals surface area contributed by atoms with E-state index in [1.807, 2.05) is 0 Å². The van der Waals surface area contributed by atoms with E-state index in [-0.39, 0.29) is 17.6 Å². The summed E-state index contributed by atoms with van der Waals surface area (Å²) in [7, 11) is -3.18. The van der Waals surface area contributed by atoms with Gasteiger partial charge in [0.2, 0.25) is 10.0 Å². The molecule has 1 aromatic rings. The Morgan fingerprint density at radius 1 is 1.42 bits per heavy atom. The lowest BCUT2D eigenvalue weighted by Crippen LogP contribution is -2.32. The minimum Gasteiger partial charge on any atom is -0.309 e. The molecule has 2 rings (SSSR count). The molecule has 6 heteroatoms. The van der Waals surface area contributed by atoms with Crippen LogP contribution in [0.15, 0.2) is 18.2 Å². The number of hydrogen-bond acceptors (Lipinski definition) is 3. The van der Waals surface area contributed by atoms with Gasteiger partial charge in [-0.3, -0.25) is 0 Å². The normalized spacial score (nSPS) is 18.5. The van der Waals surface area contributed by atoms with E-state index in [0.717, 1.165) is 24.0 Å². The Labute approximate surface area is 113 Å². The molecule has 1 aliphatic rings. The van der Waals surface area contributed by atoms with E-state index in [2.05, 4.69) is 10.0 Å². The van der Waals surface area contributed by atoms with Crippen LogP contribution in [-0.4, -0.2) is 27.3 Å². The largest absolute Gasteiger partial charge is 0.309 e. The maximum Gasteiger partial charge on any atom is 0.212 e. The van der Waals surface area contributed by atoms with Crippen molar-refractivity contribution < 1.29 is 12.8 Å². The Morgan fingerprint density at radius 3 is 2.95 bits per heavy atom. The van der Waals surface area contributed by atoms with Gasteiger partial charge in [-0.05, 0) is 36.1 Å². The van der Waals surface area contributed by atoms with E-state index < -0.39 is 10.0 Å². The van der Waals surface area contributed by atoms with Crippen LogP contribution in [0.4, 0.5) is 4.39 Å². The summed E-state index contributed by atoms with van der Waals surface area (Å²) >= 11 is 0. The van der Waals surface area contributed by atoms with Crippen molar-refractivity contribution in [1.82, 2.24) is 10.0 Å². The SMILES string of the molecule is CCNS(=O)(=O)CCNC1CCc2cc(F)ccc21. The quantitative estimate of drug-likeness (QED) is 0.830. The van der Waals surface area contributed by atoms with E-state index in [0.29, 0.717) is 13.1 Å². The minimum atomic E-state index is -3.18. The Kier molecular flexibility index (Phi) is 4.54. The summed E-state index contributed by atoms with van der Waals surface area (Å²) in [6.07, 6.45) is 1.73. The number of nitrogens with one attached hydrogen (secondary N) is 2. The van der Waals surface area contributed by atoms with Crippen LogP contribution in [0.5, 0.6) is 0 Å². The number of benzene rings is 1. The van der Waals surface area contributed by atoms with Crippen LogP contribution in [0.1, 0.15) is 30.5 Å². The summed E-state index contributed by atoms with van der Waals surface area (Å²) in [6.45, 7) is 2.57. The summed E-state index contributed by atoms with van der Waals surface area (Å²) in [6, 6.07) is 4.93. The van der Waals surface area contributed by atoms with Crippen LogP contribution < -0.4 is 10.0 Å². The number of sulfonamides is 1. The van der Waals surface area contributed by atoms with Gasteiger partial charge in [-0.2, -0.15) is 0 Å². The molecule has 0 saturated carbocycles. The third-order valence-electron chi connectivity index (χ3n) is 3.31. The lowest BCUT2D eigenvalue weighted by Gasteiger charge is -2.14. The van der Waals surface area contributed by atoms with E-state index in [1.54, 1.807) is 19.1 Å². The molecule has 4 nitrogen and oxygen atoms in total. The molecule has 0 saturated heterocycles. The molecular formula is C13H19FN2O2S. The predicted octanol–water partition coefficient (Wildman–Crippen LogP) is 1.34. The summed E-state index contributed by atoms with van der Waals surface area (Å²) in [5.41, 5.74) is 2.11. The zero-order valence-electron chi connectivity index (χ0n) is 10.9. The fourth-order valence-corrected chi connectivity index (χ4v) is 3.43. The molecule has 1 aromatic carbocycles. The van der Waals surface area contributed by atoms with Crippen molar-refractivity contribution in [2.45, 2.75) is 25.8 Å². The zero-order chi connectivity index (χ0) is 13.9. The van der Waals surface area contributed by atoms with Crippen LogP contribution in [0, 0.1) is 5.82 Å². The molecule has 0 spiro atoms. The molecule has 19 heavy (non-hydrogen) atoms. The molecule has 0 amide bonds. The first-order chi connectivity index (χ1) is 9.02. The van der Waals surface area contributed by atoms with E-state index in [9.17, 15) is 12.8 Å². The highest BCUT2D eigenvalue weighted by Crippen LogP contribution is 2.31. The van der Waals surface area contributed by atoms with Gasteiger partial charge in [0.1, 0.15) is 5.82 Å². The van der Waals surface area contributed by atoms with Gasteiger partial charge in [-0.25, -0.2) is 17.5 Å². The Balaban J connectivity index is 1.90. The standard InChI is InChI=1S/C13H19FN2O2S/c1-2-16-19(17,18)8-7-15-13-6-3-10-9-11(14)4-5-12(10)13/h4-5,9,13,15-16H,2-3,6-8H2,1H3. The number of rotatable bonds is 6. The van der Waals surface area contributed by atoms with Crippen molar-refractivity contribution in [3.63, 3.8) is 0 Å². The van der Waals surface area contributed by atoms with Gasteiger partial charge >= 0.3 is 0 Å². The summed E-state index contributed by atoms with van der Waals surface area (Å²) < 4.78 is 38.5. The van der Waals surface area contributed by atoms with Crippen molar-refractivity contribution in [1.29, 1.82) is 0 Å². The monoisotopic (exact) mass is 286 g/mol. The fraction of sp³-hybridized carbons (Fsp3) is 0.538. The van der Waals surface area contributed by atoms with Crippen molar-refractivity contribution >= 4 is 10.0 Å². The molecule has 0 heterocycles. The van der Waals surface area contributed by atoms with Crippen molar-refractivity contribution in [2.24, 2.45) is 0 Å². The van der Waals surface area contributed by atoms with Crippen molar-refractivity contribution in [2.75, 3.05) is 18.8 Å². The number of hydrogen-bond donors (Lipinski definition) is 2. The maximum absolute atomic E-state index is 13.1. The maximum atomic E-state index is 13.1. The van der Waals surface area contributed by atoms with Gasteiger partial charge in [0.15, 0.2) is 0 Å². The van der Waals surface area contributed by atoms with E-state index in [1.165, 1.54) is 6.07 Å². The van der Waals surface area contributed by atoms with Crippen LogP contribution in [0.25, 0.3) is 0 Å². The molecule has 0 aromatic heterocycles. The molecule has 0 fully saturated rings. The molecule has 2 N–H and O–H groups in total. The van der Waals surface area contributed by atoms with Crippen molar-refractivity contribution in [3.8, 4) is 0 Å². The number of halogens is 1. The molecule has 0 bridgehead atoms. The molecule has 1 unspecified atom stereocenters. The van der Waals surface area contributed by atoms with Gasteiger partial charge in [0.05, 0.1) is 5.75 Å². The van der Waals surface area contributed by atoms with Gasteiger partial charge in [0, 0.05) is 19.1 Å². The van der Waals surface area contributed by atoms with Crippen molar-refractivity contribution in [3.05, 3.63) is 35.1 Å². The average molecular weight is 286 g/mol.